The van der Waals surface area contributed by atoms with Crippen molar-refractivity contribution in [3.8, 4) is 22.4 Å². The highest BCUT2D eigenvalue weighted by atomic mass is 19.1. The third-order valence-electron chi connectivity index (χ3n) is 4.80. The van der Waals surface area contributed by atoms with Crippen molar-refractivity contribution in [3.63, 3.8) is 0 Å². The number of nitrogens with zero attached hydrogens (tertiary/aromatic N) is 3. The molecule has 0 atom stereocenters. The van der Waals surface area contributed by atoms with Crippen molar-refractivity contribution in [3.05, 3.63) is 84.4 Å². The third-order valence-corrected chi connectivity index (χ3v) is 4.80. The molecule has 2 aromatic heterocycles. The zero-order valence-electron chi connectivity index (χ0n) is 16.3. The van der Waals surface area contributed by atoms with E-state index in [-0.39, 0.29) is 18.1 Å². The van der Waals surface area contributed by atoms with Gasteiger partial charge in [0, 0.05) is 25.0 Å². The molecule has 0 aliphatic carbocycles. The predicted molar refractivity (Wildman–Crippen MR) is 116 cm³/mol. The molecule has 0 bridgehead atoms. The number of hydrogen-bond donors (Lipinski definition) is 1. The average molecular weight is 396 g/mol. The van der Waals surface area contributed by atoms with E-state index in [1.54, 1.807) is 42.3 Å². The van der Waals surface area contributed by atoms with Crippen LogP contribution in [-0.2, 0) is 18.3 Å². The fourth-order valence-electron chi connectivity index (χ4n) is 3.31. The molecule has 4 aromatic rings. The quantitative estimate of drug-likeness (QED) is 0.527. The van der Waals surface area contributed by atoms with E-state index in [0.29, 0.717) is 17.0 Å². The van der Waals surface area contributed by atoms with E-state index in [2.05, 4.69) is 15.4 Å². The zero-order chi connectivity index (χ0) is 21.1. The van der Waals surface area contributed by atoms with Gasteiger partial charge in [-0.3, -0.25) is 14.5 Å². The first-order chi connectivity index (χ1) is 14.5. The molecule has 2 radical (unpaired) electrons. The maximum Gasteiger partial charge on any atom is 0.229 e. The molecule has 0 fully saturated rings. The van der Waals surface area contributed by atoms with Gasteiger partial charge in [-0.1, -0.05) is 29.7 Å². The van der Waals surface area contributed by atoms with Gasteiger partial charge in [0.1, 0.15) is 25.2 Å². The summed E-state index contributed by atoms with van der Waals surface area (Å²) in [7, 11) is 7.72. The Kier molecular flexibility index (Phi) is 5.43. The van der Waals surface area contributed by atoms with Crippen LogP contribution in [-0.4, -0.2) is 28.5 Å². The van der Waals surface area contributed by atoms with Gasteiger partial charge in [0.25, 0.3) is 0 Å². The second-order valence-corrected chi connectivity index (χ2v) is 6.86. The summed E-state index contributed by atoms with van der Waals surface area (Å²) in [5.41, 5.74) is 4.28. The molecule has 30 heavy (non-hydrogen) atoms. The zero-order valence-corrected chi connectivity index (χ0v) is 16.3. The first kappa shape index (κ1) is 19.6. The van der Waals surface area contributed by atoms with E-state index in [1.807, 2.05) is 30.3 Å². The number of nitrogens with one attached hydrogen (secondary N) is 1. The van der Waals surface area contributed by atoms with E-state index < -0.39 is 0 Å². The van der Waals surface area contributed by atoms with Crippen molar-refractivity contribution in [2.45, 2.75) is 6.42 Å². The van der Waals surface area contributed by atoms with E-state index in [9.17, 15) is 9.18 Å². The topological polar surface area (TPSA) is 59.8 Å². The number of amides is 1. The van der Waals surface area contributed by atoms with Crippen molar-refractivity contribution in [1.29, 1.82) is 0 Å². The molecule has 1 N–H and O–H groups in total. The number of anilines is 1. The Balaban J connectivity index is 1.75. The normalized spacial score (nSPS) is 10.7. The maximum absolute atomic E-state index is 13.4. The lowest BCUT2D eigenvalue weighted by molar-refractivity contribution is -0.115. The minimum absolute atomic E-state index is 0.138. The van der Waals surface area contributed by atoms with Crippen LogP contribution in [0.4, 0.5) is 10.2 Å². The summed E-state index contributed by atoms with van der Waals surface area (Å²) in [5.74, 6) is 0.00556. The molecule has 2 aromatic carbocycles. The summed E-state index contributed by atoms with van der Waals surface area (Å²) in [6.45, 7) is 0. The summed E-state index contributed by atoms with van der Waals surface area (Å²) in [4.78, 5) is 16.9. The summed E-state index contributed by atoms with van der Waals surface area (Å²) in [5, 5.41) is 7.56. The summed E-state index contributed by atoms with van der Waals surface area (Å²) < 4.78 is 15.0. The van der Waals surface area contributed by atoms with Gasteiger partial charge in [-0.05, 0) is 47.5 Å². The smallest absolute Gasteiger partial charge is 0.229 e. The lowest BCUT2D eigenvalue weighted by Crippen LogP contribution is -2.21. The number of carbonyl (C=O) groups is 1. The Hall–Kier alpha value is -3.74. The predicted octanol–water partition coefficient (Wildman–Crippen LogP) is 3.26. The molecule has 0 spiro atoms. The van der Waals surface area contributed by atoms with Gasteiger partial charge >= 0.3 is 0 Å². The number of carbonyl (C=O) groups excluding carboxylic acids is 1. The third kappa shape index (κ3) is 4.01. The van der Waals surface area contributed by atoms with Crippen LogP contribution >= 0.6 is 0 Å². The first-order valence-corrected chi connectivity index (χ1v) is 9.39. The van der Waals surface area contributed by atoms with Crippen LogP contribution in [0.5, 0.6) is 0 Å². The molecular weight excluding hydrogens is 378 g/mol. The summed E-state index contributed by atoms with van der Waals surface area (Å²) in [6.07, 6.45) is 3.49. The Morgan fingerprint density at radius 2 is 1.73 bits per heavy atom. The molecule has 0 saturated carbocycles. The first-order valence-electron chi connectivity index (χ1n) is 9.39. The second kappa shape index (κ2) is 8.33. The van der Waals surface area contributed by atoms with E-state index in [0.717, 1.165) is 22.3 Å². The molecule has 7 heteroatoms. The second-order valence-electron chi connectivity index (χ2n) is 6.86. The van der Waals surface area contributed by atoms with E-state index >= 15 is 0 Å². The SMILES string of the molecule is [B]c1ccccc1CC(=O)Nc1c(-c2ccncc2)c(-c2ccc(F)cc2)nn1C. The van der Waals surface area contributed by atoms with Crippen LogP contribution in [0, 0.1) is 5.82 Å². The lowest BCUT2D eigenvalue weighted by Gasteiger charge is -2.11. The summed E-state index contributed by atoms with van der Waals surface area (Å²) in [6, 6.07) is 17.1. The van der Waals surface area contributed by atoms with Crippen molar-refractivity contribution in [2.75, 3.05) is 5.32 Å². The minimum Gasteiger partial charge on any atom is -0.310 e. The number of aryl methyl sites for hydroxylation is 1. The Labute approximate surface area is 175 Å². The molecule has 2 heterocycles. The molecule has 1 amide bonds. The van der Waals surface area contributed by atoms with Gasteiger partial charge in [0.15, 0.2) is 0 Å². The number of halogens is 1. The maximum atomic E-state index is 13.4. The lowest BCUT2D eigenvalue weighted by atomic mass is 9.89. The Morgan fingerprint density at radius 1 is 1.03 bits per heavy atom. The molecule has 0 aliphatic rings. The van der Waals surface area contributed by atoms with Gasteiger partial charge < -0.3 is 5.32 Å². The van der Waals surface area contributed by atoms with Crippen molar-refractivity contribution >= 4 is 25.0 Å². The number of hydrogen-bond acceptors (Lipinski definition) is 3. The van der Waals surface area contributed by atoms with Crippen LogP contribution in [0.3, 0.4) is 0 Å². The fraction of sp³-hybridized carbons (Fsp3) is 0.0870. The highest BCUT2D eigenvalue weighted by molar-refractivity contribution is 6.33. The number of rotatable bonds is 5. The fourth-order valence-corrected chi connectivity index (χ4v) is 3.31. The molecule has 4 rings (SSSR count). The molecule has 5 nitrogen and oxygen atoms in total. The summed E-state index contributed by atoms with van der Waals surface area (Å²) >= 11 is 0. The van der Waals surface area contributed by atoms with Crippen molar-refractivity contribution in [1.82, 2.24) is 14.8 Å². The van der Waals surface area contributed by atoms with Crippen molar-refractivity contribution < 1.29 is 9.18 Å². The van der Waals surface area contributed by atoms with Crippen LogP contribution < -0.4 is 10.8 Å². The van der Waals surface area contributed by atoms with Crippen LogP contribution in [0.15, 0.2) is 73.1 Å². The highest BCUT2D eigenvalue weighted by Gasteiger charge is 2.21. The molecule has 0 aliphatic heterocycles. The van der Waals surface area contributed by atoms with Crippen LogP contribution in [0.25, 0.3) is 22.4 Å². The molecular formula is C23H18BFN4O. The minimum atomic E-state index is -0.325. The average Bonchev–Trinajstić information content (AvgIpc) is 3.07. The number of benzene rings is 2. The van der Waals surface area contributed by atoms with Crippen molar-refractivity contribution in [2.24, 2.45) is 7.05 Å². The number of pyridine rings is 1. The van der Waals surface area contributed by atoms with Gasteiger partial charge in [0.2, 0.25) is 5.91 Å². The number of aromatic nitrogens is 3. The van der Waals surface area contributed by atoms with E-state index in [4.69, 9.17) is 7.85 Å². The van der Waals surface area contributed by atoms with Gasteiger partial charge in [-0.15, -0.1) is 0 Å². The Bertz CT molecular complexity index is 1190. The molecule has 146 valence electrons. The standard InChI is InChI=1S/C23H18BFN4O/c1-29-23(27-20(30)14-17-4-2-3-5-19(17)24)21(15-10-12-26-13-11-15)22(28-29)16-6-8-18(25)9-7-16/h2-13H,14H2,1H3,(H,27,30). The van der Waals surface area contributed by atoms with Crippen LogP contribution in [0.1, 0.15) is 5.56 Å². The molecule has 0 saturated heterocycles. The Morgan fingerprint density at radius 3 is 2.43 bits per heavy atom. The van der Waals surface area contributed by atoms with Gasteiger partial charge in [0.05, 0.1) is 12.0 Å². The van der Waals surface area contributed by atoms with Gasteiger partial charge in [-0.25, -0.2) is 4.39 Å². The van der Waals surface area contributed by atoms with Gasteiger partial charge in [-0.2, -0.15) is 5.10 Å². The van der Waals surface area contributed by atoms with E-state index in [1.165, 1.54) is 12.1 Å². The highest BCUT2D eigenvalue weighted by Crippen LogP contribution is 2.37. The largest absolute Gasteiger partial charge is 0.310 e. The molecule has 0 unspecified atom stereocenters. The van der Waals surface area contributed by atoms with Crippen LogP contribution in [0.2, 0.25) is 0 Å². The monoisotopic (exact) mass is 396 g/mol.